The number of hydrogen-bond donors (Lipinski definition) is 3. The first-order valence-electron chi connectivity index (χ1n) is 10.7. The van der Waals surface area contributed by atoms with Crippen LogP contribution in [0.4, 0.5) is 9.18 Å². The number of carbonyl (C=O) groups is 2. The fourth-order valence-corrected chi connectivity index (χ4v) is 4.41. The number of benzene rings is 1. The Hall–Kier alpha value is -2.24. The number of amides is 3. The predicted octanol–water partition coefficient (Wildman–Crippen LogP) is 1.66. The fourth-order valence-electron chi connectivity index (χ4n) is 3.23. The zero-order valence-corrected chi connectivity index (χ0v) is 19.3. The molecule has 2 atom stereocenters. The molecule has 1 aliphatic rings. The molecule has 1 heterocycles. The molecular weight excluding hydrogens is 441 g/mol. The van der Waals surface area contributed by atoms with E-state index in [2.05, 4.69) is 10.0 Å². The molecule has 9 nitrogen and oxygen atoms in total. The number of carbonyl (C=O) groups excluding carboxylic acids is 2. The van der Waals surface area contributed by atoms with E-state index in [-0.39, 0.29) is 37.7 Å². The summed E-state index contributed by atoms with van der Waals surface area (Å²) in [6.45, 7) is 3.47. The SMILES string of the molecule is CC[C@@](O)(CNS(=O)(=O)CCCCN1CCC(=O)NC1=O)c1cccc(OCC(C)F)c1. The molecule has 0 spiro atoms. The summed E-state index contributed by atoms with van der Waals surface area (Å²) >= 11 is 0. The Morgan fingerprint density at radius 3 is 2.75 bits per heavy atom. The Morgan fingerprint density at radius 2 is 2.09 bits per heavy atom. The number of halogens is 1. The standard InChI is InChI=1S/C21H32FN3O6S/c1-3-21(28,17-7-6-8-18(13-17)31-14-16(2)22)15-23-32(29,30)12-5-4-10-25-11-9-19(26)24-20(25)27/h6-8,13,16,23,28H,3-5,9-12,14-15H2,1-2H3,(H,24,26,27)/t16?,21-/m1/s1. The molecule has 1 unspecified atom stereocenters. The van der Waals surface area contributed by atoms with E-state index in [1.807, 2.05) is 0 Å². The summed E-state index contributed by atoms with van der Waals surface area (Å²) in [6, 6.07) is 6.09. The maximum Gasteiger partial charge on any atom is 0.324 e. The zero-order chi connectivity index (χ0) is 23.8. The molecule has 0 aromatic heterocycles. The number of ether oxygens (including phenoxy) is 1. The largest absolute Gasteiger partial charge is 0.491 e. The third-order valence-corrected chi connectivity index (χ3v) is 6.66. The van der Waals surface area contributed by atoms with E-state index >= 15 is 0 Å². The lowest BCUT2D eigenvalue weighted by molar-refractivity contribution is -0.121. The molecule has 0 radical (unpaired) electrons. The molecule has 0 bridgehead atoms. The molecule has 2 rings (SSSR count). The minimum atomic E-state index is -3.65. The van der Waals surface area contributed by atoms with Crippen molar-refractivity contribution >= 4 is 22.0 Å². The van der Waals surface area contributed by atoms with Crippen LogP contribution in [0.3, 0.4) is 0 Å². The number of unbranched alkanes of at least 4 members (excludes halogenated alkanes) is 1. The van der Waals surface area contributed by atoms with E-state index in [0.29, 0.717) is 37.2 Å². The molecule has 1 aromatic carbocycles. The van der Waals surface area contributed by atoms with Gasteiger partial charge in [0, 0.05) is 26.1 Å². The van der Waals surface area contributed by atoms with Gasteiger partial charge in [-0.1, -0.05) is 19.1 Å². The van der Waals surface area contributed by atoms with Crippen LogP contribution in [-0.4, -0.2) is 68.5 Å². The topological polar surface area (TPSA) is 125 Å². The van der Waals surface area contributed by atoms with Gasteiger partial charge in [0.2, 0.25) is 15.9 Å². The molecule has 3 amide bonds. The number of alkyl halides is 1. The summed E-state index contributed by atoms with van der Waals surface area (Å²) in [4.78, 5) is 24.3. The van der Waals surface area contributed by atoms with Gasteiger partial charge < -0.3 is 14.7 Å². The van der Waals surface area contributed by atoms with Gasteiger partial charge in [-0.2, -0.15) is 0 Å². The lowest BCUT2D eigenvalue weighted by Crippen LogP contribution is -2.49. The summed E-state index contributed by atoms with van der Waals surface area (Å²) < 4.78 is 45.6. The average molecular weight is 474 g/mol. The average Bonchev–Trinajstić information content (AvgIpc) is 2.75. The Bertz CT molecular complexity index is 895. The Kier molecular flexibility index (Phi) is 9.41. The summed E-state index contributed by atoms with van der Waals surface area (Å²) in [5.41, 5.74) is -0.982. The van der Waals surface area contributed by atoms with Crippen LogP contribution in [0.5, 0.6) is 5.75 Å². The second-order valence-electron chi connectivity index (χ2n) is 7.94. The summed E-state index contributed by atoms with van der Waals surface area (Å²) in [5, 5.41) is 13.2. The molecule has 32 heavy (non-hydrogen) atoms. The van der Waals surface area contributed by atoms with Gasteiger partial charge in [0.1, 0.15) is 24.1 Å². The maximum absolute atomic E-state index is 13.0. The van der Waals surface area contributed by atoms with Crippen LogP contribution in [0.15, 0.2) is 24.3 Å². The van der Waals surface area contributed by atoms with E-state index in [1.54, 1.807) is 31.2 Å². The van der Waals surface area contributed by atoms with Crippen molar-refractivity contribution in [1.29, 1.82) is 0 Å². The molecule has 11 heteroatoms. The lowest BCUT2D eigenvalue weighted by atomic mass is 9.91. The predicted molar refractivity (Wildman–Crippen MR) is 117 cm³/mol. The molecule has 3 N–H and O–H groups in total. The van der Waals surface area contributed by atoms with Gasteiger partial charge >= 0.3 is 6.03 Å². The minimum Gasteiger partial charge on any atom is -0.491 e. The second kappa shape index (κ2) is 11.6. The van der Waals surface area contributed by atoms with Crippen molar-refractivity contribution in [2.24, 2.45) is 0 Å². The highest BCUT2D eigenvalue weighted by Crippen LogP contribution is 2.27. The van der Waals surface area contributed by atoms with E-state index in [4.69, 9.17) is 4.74 Å². The maximum atomic E-state index is 13.0. The number of sulfonamides is 1. The lowest BCUT2D eigenvalue weighted by Gasteiger charge is -2.28. The van der Waals surface area contributed by atoms with Crippen LogP contribution >= 0.6 is 0 Å². The molecule has 1 aliphatic heterocycles. The van der Waals surface area contributed by atoms with Crippen LogP contribution in [0.1, 0.15) is 45.1 Å². The van der Waals surface area contributed by atoms with Gasteiger partial charge in [0.25, 0.3) is 0 Å². The van der Waals surface area contributed by atoms with Crippen LogP contribution in [-0.2, 0) is 20.4 Å². The third kappa shape index (κ3) is 8.03. The van der Waals surface area contributed by atoms with Crippen LogP contribution < -0.4 is 14.8 Å². The second-order valence-corrected chi connectivity index (χ2v) is 9.87. The van der Waals surface area contributed by atoms with Gasteiger partial charge in [-0.05, 0) is 43.9 Å². The van der Waals surface area contributed by atoms with Crippen molar-refractivity contribution < 1.29 is 32.2 Å². The first-order valence-corrected chi connectivity index (χ1v) is 12.4. The van der Waals surface area contributed by atoms with Crippen molar-refractivity contribution in [3.8, 4) is 5.75 Å². The van der Waals surface area contributed by atoms with E-state index in [9.17, 15) is 27.5 Å². The summed E-state index contributed by atoms with van der Waals surface area (Å²) in [5.74, 6) is -0.0701. The first kappa shape index (κ1) is 26.0. The van der Waals surface area contributed by atoms with Crippen molar-refractivity contribution in [2.45, 2.75) is 51.3 Å². The Morgan fingerprint density at radius 1 is 1.34 bits per heavy atom. The van der Waals surface area contributed by atoms with E-state index in [1.165, 1.54) is 11.8 Å². The van der Waals surface area contributed by atoms with Crippen molar-refractivity contribution in [1.82, 2.24) is 14.9 Å². The van der Waals surface area contributed by atoms with Gasteiger partial charge in [0.15, 0.2) is 0 Å². The quantitative estimate of drug-likeness (QED) is 0.374. The highest BCUT2D eigenvalue weighted by Gasteiger charge is 2.29. The number of nitrogens with one attached hydrogen (secondary N) is 2. The number of nitrogens with zero attached hydrogens (tertiary/aromatic N) is 1. The van der Waals surface area contributed by atoms with Crippen LogP contribution in [0.2, 0.25) is 0 Å². The normalized spacial score (nSPS) is 17.6. The van der Waals surface area contributed by atoms with Gasteiger partial charge in [0.05, 0.1) is 5.75 Å². The summed E-state index contributed by atoms with van der Waals surface area (Å²) in [6.07, 6.45) is 0.138. The van der Waals surface area contributed by atoms with E-state index in [0.717, 1.165) is 0 Å². The van der Waals surface area contributed by atoms with Gasteiger partial charge in [-0.15, -0.1) is 0 Å². The highest BCUT2D eigenvalue weighted by atomic mass is 32.2. The van der Waals surface area contributed by atoms with Crippen LogP contribution in [0, 0.1) is 0 Å². The fraction of sp³-hybridized carbons (Fsp3) is 0.619. The number of imide groups is 1. The number of rotatable bonds is 13. The number of urea groups is 1. The summed E-state index contributed by atoms with van der Waals surface area (Å²) in [7, 11) is -3.65. The Balaban J connectivity index is 1.85. The molecule has 0 saturated carbocycles. The van der Waals surface area contributed by atoms with Crippen LogP contribution in [0.25, 0.3) is 0 Å². The number of aliphatic hydroxyl groups is 1. The van der Waals surface area contributed by atoms with Crippen molar-refractivity contribution in [2.75, 3.05) is 32.0 Å². The molecule has 1 aromatic rings. The van der Waals surface area contributed by atoms with Crippen molar-refractivity contribution in [3.63, 3.8) is 0 Å². The minimum absolute atomic E-state index is 0.115. The van der Waals surface area contributed by atoms with Gasteiger partial charge in [-0.25, -0.2) is 22.3 Å². The first-order chi connectivity index (χ1) is 15.0. The molecular formula is C21H32FN3O6S. The zero-order valence-electron chi connectivity index (χ0n) is 18.5. The third-order valence-electron chi connectivity index (χ3n) is 5.25. The Labute approximate surface area is 188 Å². The van der Waals surface area contributed by atoms with E-state index < -0.39 is 27.8 Å². The molecule has 180 valence electrons. The molecule has 1 fully saturated rings. The molecule has 0 aliphatic carbocycles. The smallest absolute Gasteiger partial charge is 0.324 e. The van der Waals surface area contributed by atoms with Gasteiger partial charge in [-0.3, -0.25) is 10.1 Å². The highest BCUT2D eigenvalue weighted by molar-refractivity contribution is 7.89. The number of hydrogen-bond acceptors (Lipinski definition) is 6. The molecule has 1 saturated heterocycles. The monoisotopic (exact) mass is 473 g/mol. The van der Waals surface area contributed by atoms with Crippen molar-refractivity contribution in [3.05, 3.63) is 29.8 Å².